The second kappa shape index (κ2) is 8.50. The molecular weight excluding hydrogens is 340 g/mol. The topological polar surface area (TPSA) is 58.9 Å². The Morgan fingerprint density at radius 3 is 2.44 bits per heavy atom. The van der Waals surface area contributed by atoms with Gasteiger partial charge in [-0.15, -0.1) is 0 Å². The zero-order valence-electron chi connectivity index (χ0n) is 16.6. The van der Waals surface area contributed by atoms with E-state index in [2.05, 4.69) is 72.0 Å². The van der Waals surface area contributed by atoms with E-state index in [1.807, 2.05) is 0 Å². The first-order chi connectivity index (χ1) is 12.9. The van der Waals surface area contributed by atoms with Crippen LogP contribution in [0.1, 0.15) is 28.1 Å². The Balaban J connectivity index is 1.68. The molecule has 1 aliphatic rings. The molecule has 0 aliphatic carbocycles. The summed E-state index contributed by atoms with van der Waals surface area (Å²) in [6, 6.07) is 8.62. The highest BCUT2D eigenvalue weighted by Gasteiger charge is 2.14. The summed E-state index contributed by atoms with van der Waals surface area (Å²) in [6.45, 7) is 11.7. The van der Waals surface area contributed by atoms with E-state index >= 15 is 0 Å². The van der Waals surface area contributed by atoms with Crippen molar-refractivity contribution in [1.29, 1.82) is 0 Å². The zero-order chi connectivity index (χ0) is 19.4. The van der Waals surface area contributed by atoms with Crippen molar-refractivity contribution in [1.82, 2.24) is 14.9 Å². The van der Waals surface area contributed by atoms with Gasteiger partial charge in [0.15, 0.2) is 0 Å². The molecule has 144 valence electrons. The number of carbonyl (C=O) groups excluding carboxylic acids is 1. The Hall–Kier alpha value is -2.44. The summed E-state index contributed by atoms with van der Waals surface area (Å²) >= 11 is 0. The van der Waals surface area contributed by atoms with Crippen molar-refractivity contribution in [3.05, 3.63) is 52.3 Å². The smallest absolute Gasteiger partial charge is 0.254 e. The number of morpholine rings is 1. The minimum Gasteiger partial charge on any atom is -0.379 e. The third-order valence-corrected chi connectivity index (χ3v) is 4.80. The van der Waals surface area contributed by atoms with Crippen molar-refractivity contribution in [2.45, 2.75) is 27.7 Å². The molecule has 3 rings (SSSR count). The lowest BCUT2D eigenvalue weighted by molar-refractivity contribution is -0.123. The molecule has 0 spiro atoms. The quantitative estimate of drug-likeness (QED) is 0.652. The highest BCUT2D eigenvalue weighted by Crippen LogP contribution is 2.21. The van der Waals surface area contributed by atoms with Crippen LogP contribution in [0.2, 0.25) is 0 Å². The van der Waals surface area contributed by atoms with Crippen LogP contribution in [-0.4, -0.2) is 54.4 Å². The minimum absolute atomic E-state index is 0.101. The Morgan fingerprint density at radius 1 is 1.11 bits per heavy atom. The summed E-state index contributed by atoms with van der Waals surface area (Å²) in [7, 11) is 0. The van der Waals surface area contributed by atoms with E-state index in [4.69, 9.17) is 4.74 Å². The first-order valence-electron chi connectivity index (χ1n) is 9.33. The van der Waals surface area contributed by atoms with Crippen LogP contribution in [0.3, 0.4) is 0 Å². The number of ether oxygens (including phenoxy) is 1. The molecule has 2 aromatic rings. The van der Waals surface area contributed by atoms with Crippen LogP contribution < -0.4 is 5.43 Å². The molecule has 2 heterocycles. The summed E-state index contributed by atoms with van der Waals surface area (Å²) in [5.41, 5.74) is 9.50. The molecule has 0 radical (unpaired) electrons. The van der Waals surface area contributed by atoms with Crippen molar-refractivity contribution >= 4 is 12.1 Å². The SMILES string of the molecule is Cc1cc(C)cc(-n2c(C)cc(/C=N/NC(=O)CN3CCOCC3)c2C)c1. The molecule has 1 aromatic carbocycles. The third-order valence-electron chi connectivity index (χ3n) is 4.80. The highest BCUT2D eigenvalue weighted by molar-refractivity contribution is 5.84. The largest absolute Gasteiger partial charge is 0.379 e. The number of benzene rings is 1. The van der Waals surface area contributed by atoms with Gasteiger partial charge in [-0.1, -0.05) is 6.07 Å². The number of carbonyl (C=O) groups is 1. The highest BCUT2D eigenvalue weighted by atomic mass is 16.5. The van der Waals surface area contributed by atoms with Gasteiger partial charge in [0.2, 0.25) is 0 Å². The molecule has 0 atom stereocenters. The molecule has 1 fully saturated rings. The second-order valence-electron chi connectivity index (χ2n) is 7.19. The molecule has 0 bridgehead atoms. The first-order valence-corrected chi connectivity index (χ1v) is 9.33. The summed E-state index contributed by atoms with van der Waals surface area (Å²) in [6.07, 6.45) is 1.72. The predicted octanol–water partition coefficient (Wildman–Crippen LogP) is 2.49. The van der Waals surface area contributed by atoms with Gasteiger partial charge in [-0.25, -0.2) is 5.43 Å². The van der Waals surface area contributed by atoms with Crippen LogP contribution in [0.4, 0.5) is 0 Å². The zero-order valence-corrected chi connectivity index (χ0v) is 16.6. The Morgan fingerprint density at radius 2 is 1.78 bits per heavy atom. The minimum atomic E-state index is -0.101. The van der Waals surface area contributed by atoms with Crippen LogP contribution in [0, 0.1) is 27.7 Å². The number of hydrazone groups is 1. The van der Waals surface area contributed by atoms with Crippen molar-refractivity contribution in [3.63, 3.8) is 0 Å². The molecule has 27 heavy (non-hydrogen) atoms. The van der Waals surface area contributed by atoms with Gasteiger partial charge in [0.05, 0.1) is 26.0 Å². The molecule has 0 unspecified atom stereocenters. The normalized spacial score (nSPS) is 15.4. The molecule has 1 saturated heterocycles. The van der Waals surface area contributed by atoms with Gasteiger partial charge in [-0.3, -0.25) is 9.69 Å². The van der Waals surface area contributed by atoms with Crippen LogP contribution >= 0.6 is 0 Å². The van der Waals surface area contributed by atoms with E-state index in [-0.39, 0.29) is 5.91 Å². The van der Waals surface area contributed by atoms with Crippen LogP contribution in [0.15, 0.2) is 29.4 Å². The molecule has 1 aliphatic heterocycles. The maximum atomic E-state index is 12.0. The van der Waals surface area contributed by atoms with Gasteiger partial charge in [0.25, 0.3) is 5.91 Å². The van der Waals surface area contributed by atoms with E-state index in [1.54, 1.807) is 6.21 Å². The van der Waals surface area contributed by atoms with Gasteiger partial charge < -0.3 is 9.30 Å². The number of hydrogen-bond acceptors (Lipinski definition) is 4. The third kappa shape index (κ3) is 4.84. The van der Waals surface area contributed by atoms with Gasteiger partial charge in [0.1, 0.15) is 0 Å². The van der Waals surface area contributed by atoms with Gasteiger partial charge in [-0.2, -0.15) is 5.10 Å². The summed E-state index contributed by atoms with van der Waals surface area (Å²) in [4.78, 5) is 14.1. The summed E-state index contributed by atoms with van der Waals surface area (Å²) in [5, 5.41) is 4.16. The lowest BCUT2D eigenvalue weighted by Crippen LogP contribution is -2.42. The first kappa shape index (κ1) is 19.3. The Kier molecular flexibility index (Phi) is 6.08. The number of rotatable bonds is 5. The van der Waals surface area contributed by atoms with E-state index in [0.29, 0.717) is 19.8 Å². The molecule has 1 N–H and O–H groups in total. The van der Waals surface area contributed by atoms with Gasteiger partial charge in [0, 0.05) is 35.7 Å². The number of aromatic nitrogens is 1. The monoisotopic (exact) mass is 368 g/mol. The molecule has 1 amide bonds. The Bertz CT molecular complexity index is 828. The molecule has 0 saturated carbocycles. The molecule has 6 nitrogen and oxygen atoms in total. The van der Waals surface area contributed by atoms with E-state index < -0.39 is 0 Å². The van der Waals surface area contributed by atoms with Crippen LogP contribution in [-0.2, 0) is 9.53 Å². The number of nitrogens with one attached hydrogen (secondary N) is 1. The predicted molar refractivity (Wildman–Crippen MR) is 108 cm³/mol. The lowest BCUT2D eigenvalue weighted by atomic mass is 10.1. The van der Waals surface area contributed by atoms with Gasteiger partial charge in [-0.05, 0) is 57.0 Å². The van der Waals surface area contributed by atoms with Gasteiger partial charge >= 0.3 is 0 Å². The number of aryl methyl sites for hydroxylation is 3. The van der Waals surface area contributed by atoms with Crippen molar-refractivity contribution in [3.8, 4) is 5.69 Å². The van der Waals surface area contributed by atoms with Crippen molar-refractivity contribution in [2.24, 2.45) is 5.10 Å². The Labute approximate surface area is 160 Å². The van der Waals surface area contributed by atoms with Crippen molar-refractivity contribution < 1.29 is 9.53 Å². The fourth-order valence-electron chi connectivity index (χ4n) is 3.57. The van der Waals surface area contributed by atoms with Crippen LogP contribution in [0.5, 0.6) is 0 Å². The fourth-order valence-corrected chi connectivity index (χ4v) is 3.57. The fraction of sp³-hybridized carbons (Fsp3) is 0.429. The number of hydrogen-bond donors (Lipinski definition) is 1. The maximum Gasteiger partial charge on any atom is 0.254 e. The number of amides is 1. The average molecular weight is 368 g/mol. The number of nitrogens with zero attached hydrogens (tertiary/aromatic N) is 3. The van der Waals surface area contributed by atoms with Crippen molar-refractivity contribution in [2.75, 3.05) is 32.8 Å². The van der Waals surface area contributed by atoms with E-state index in [9.17, 15) is 4.79 Å². The van der Waals surface area contributed by atoms with E-state index in [0.717, 1.165) is 35.7 Å². The molecule has 1 aromatic heterocycles. The molecule has 6 heteroatoms. The standard InChI is InChI=1S/C21H28N4O2/c1-15-9-16(2)11-20(10-15)25-17(3)12-19(18(25)4)13-22-23-21(26)14-24-5-7-27-8-6-24/h9-13H,5-8,14H2,1-4H3,(H,23,26)/b22-13+. The molecular formula is C21H28N4O2. The lowest BCUT2D eigenvalue weighted by Gasteiger charge is -2.25. The summed E-state index contributed by atoms with van der Waals surface area (Å²) < 4.78 is 7.51. The second-order valence-corrected chi connectivity index (χ2v) is 7.19. The van der Waals surface area contributed by atoms with Crippen LogP contribution in [0.25, 0.3) is 5.69 Å². The maximum absolute atomic E-state index is 12.0. The average Bonchev–Trinajstić information content (AvgIpc) is 2.88. The summed E-state index contributed by atoms with van der Waals surface area (Å²) in [5.74, 6) is -0.101. The van der Waals surface area contributed by atoms with E-state index in [1.165, 1.54) is 11.1 Å².